The number of carbonyl (C=O) groups excluding carboxylic acids is 1. The number of halogens is 3. The lowest BCUT2D eigenvalue weighted by Gasteiger charge is -2.15. The van der Waals surface area contributed by atoms with Crippen LogP contribution in [-0.2, 0) is 14.3 Å². The average molecular weight is 286 g/mol. The predicted octanol–water partition coefficient (Wildman–Crippen LogP) is 0.685. The Hall–Kier alpha value is -1.35. The van der Waals surface area contributed by atoms with Crippen molar-refractivity contribution in [2.75, 3.05) is 13.7 Å². The van der Waals surface area contributed by atoms with Crippen molar-refractivity contribution in [2.24, 2.45) is 5.92 Å². The number of carbonyl (C=O) groups is 2. The molecule has 1 aliphatic rings. The average Bonchev–Trinajstić information content (AvgIpc) is 3.09. The molecule has 1 unspecified atom stereocenters. The van der Waals surface area contributed by atoms with E-state index in [2.05, 4.69) is 10.9 Å². The first-order valence-corrected chi connectivity index (χ1v) is 5.63. The van der Waals surface area contributed by atoms with E-state index in [4.69, 9.17) is 14.6 Å². The number of rotatable bonds is 5. The van der Waals surface area contributed by atoms with Gasteiger partial charge in [-0.25, -0.2) is 10.2 Å². The first-order valence-electron chi connectivity index (χ1n) is 5.63. The summed E-state index contributed by atoms with van der Waals surface area (Å²) in [5, 5.41) is 7.12. The standard InChI is InChI=1S/C8H16N2O2.C2HF3O2/c1-3-12-8(11)7(10-9-2)6-4-5-6;3-2(4,5)1(6)7/h6-7,9-10H,3-5H2,1-2H3;(H,6,7). The fraction of sp³-hybridized carbons (Fsp3) is 0.800. The Labute approximate surface area is 108 Å². The molecular formula is C10H17F3N2O4. The lowest BCUT2D eigenvalue weighted by atomic mass is 10.2. The maximum Gasteiger partial charge on any atom is 0.490 e. The molecule has 0 aromatic rings. The third kappa shape index (κ3) is 7.62. The van der Waals surface area contributed by atoms with Gasteiger partial charge in [0.05, 0.1) is 6.61 Å². The number of carboxylic acid groups (broad SMARTS) is 1. The van der Waals surface area contributed by atoms with Crippen molar-refractivity contribution in [1.29, 1.82) is 0 Å². The summed E-state index contributed by atoms with van der Waals surface area (Å²) in [5.41, 5.74) is 5.68. The molecule has 0 bridgehead atoms. The van der Waals surface area contributed by atoms with E-state index in [0.29, 0.717) is 12.5 Å². The van der Waals surface area contributed by atoms with Gasteiger partial charge in [0.2, 0.25) is 0 Å². The van der Waals surface area contributed by atoms with Crippen LogP contribution >= 0.6 is 0 Å². The van der Waals surface area contributed by atoms with E-state index in [1.54, 1.807) is 7.05 Å². The summed E-state index contributed by atoms with van der Waals surface area (Å²) < 4.78 is 36.7. The molecule has 0 heterocycles. The summed E-state index contributed by atoms with van der Waals surface area (Å²) in [6, 6.07) is -0.157. The van der Waals surface area contributed by atoms with Crippen molar-refractivity contribution in [2.45, 2.75) is 32.0 Å². The SMILES string of the molecule is CCOC(=O)C(NNC)C1CC1.O=C(O)C(F)(F)F. The second kappa shape index (κ2) is 7.95. The zero-order valence-electron chi connectivity index (χ0n) is 10.6. The number of ether oxygens (including phenoxy) is 1. The van der Waals surface area contributed by atoms with Crippen molar-refractivity contribution in [3.05, 3.63) is 0 Å². The van der Waals surface area contributed by atoms with Crippen LogP contribution in [0.4, 0.5) is 13.2 Å². The molecule has 9 heteroatoms. The third-order valence-electron chi connectivity index (χ3n) is 2.18. The molecule has 1 atom stereocenters. The molecule has 1 rings (SSSR count). The van der Waals surface area contributed by atoms with Crippen molar-refractivity contribution < 1.29 is 32.6 Å². The quantitative estimate of drug-likeness (QED) is 0.509. The van der Waals surface area contributed by atoms with Gasteiger partial charge in [-0.2, -0.15) is 13.2 Å². The molecule has 0 amide bonds. The highest BCUT2D eigenvalue weighted by Crippen LogP contribution is 2.32. The number of hydrogen-bond acceptors (Lipinski definition) is 5. The molecule has 6 nitrogen and oxygen atoms in total. The molecule has 0 aliphatic heterocycles. The Morgan fingerprint density at radius 1 is 1.42 bits per heavy atom. The van der Waals surface area contributed by atoms with Crippen LogP contribution in [0.3, 0.4) is 0 Å². The van der Waals surface area contributed by atoms with E-state index in [1.807, 2.05) is 6.92 Å². The van der Waals surface area contributed by atoms with Crippen molar-refractivity contribution in [1.82, 2.24) is 10.9 Å². The van der Waals surface area contributed by atoms with Crippen LogP contribution in [0.5, 0.6) is 0 Å². The fourth-order valence-corrected chi connectivity index (χ4v) is 1.19. The minimum absolute atomic E-state index is 0.144. The second-order valence-electron chi connectivity index (χ2n) is 3.76. The summed E-state index contributed by atoms with van der Waals surface area (Å²) in [5.74, 6) is -2.43. The summed E-state index contributed by atoms with van der Waals surface area (Å²) in [6.07, 6.45) is -2.84. The summed E-state index contributed by atoms with van der Waals surface area (Å²) in [4.78, 5) is 20.2. The lowest BCUT2D eigenvalue weighted by molar-refractivity contribution is -0.192. The molecular weight excluding hydrogens is 269 g/mol. The Kier molecular flexibility index (Phi) is 7.38. The molecule has 0 aromatic carbocycles. The maximum atomic E-state index is 11.3. The van der Waals surface area contributed by atoms with Gasteiger partial charge in [-0.05, 0) is 32.7 Å². The highest BCUT2D eigenvalue weighted by Gasteiger charge is 2.38. The first-order chi connectivity index (χ1) is 8.73. The Morgan fingerprint density at radius 2 is 1.89 bits per heavy atom. The molecule has 0 spiro atoms. The normalized spacial score (nSPS) is 16.1. The van der Waals surface area contributed by atoms with Crippen LogP contribution < -0.4 is 10.9 Å². The summed E-state index contributed by atoms with van der Waals surface area (Å²) in [7, 11) is 1.76. The molecule has 0 aromatic heterocycles. The molecule has 19 heavy (non-hydrogen) atoms. The van der Waals surface area contributed by atoms with Crippen LogP contribution in [0.1, 0.15) is 19.8 Å². The van der Waals surface area contributed by atoms with Crippen molar-refractivity contribution in [3.8, 4) is 0 Å². The molecule has 1 fully saturated rings. The monoisotopic (exact) mass is 286 g/mol. The molecule has 112 valence electrons. The number of carboxylic acids is 1. The van der Waals surface area contributed by atoms with Crippen LogP contribution in [0.25, 0.3) is 0 Å². The van der Waals surface area contributed by atoms with Gasteiger partial charge in [0.25, 0.3) is 0 Å². The number of nitrogens with one attached hydrogen (secondary N) is 2. The Balaban J connectivity index is 0.000000399. The molecule has 0 saturated heterocycles. The van der Waals surface area contributed by atoms with E-state index in [-0.39, 0.29) is 12.0 Å². The number of alkyl halides is 3. The predicted molar refractivity (Wildman–Crippen MR) is 59.0 cm³/mol. The molecule has 3 N–H and O–H groups in total. The first kappa shape index (κ1) is 17.6. The Morgan fingerprint density at radius 3 is 2.16 bits per heavy atom. The van der Waals surface area contributed by atoms with Gasteiger partial charge in [-0.1, -0.05) is 0 Å². The number of esters is 1. The fourth-order valence-electron chi connectivity index (χ4n) is 1.19. The van der Waals surface area contributed by atoms with Crippen LogP contribution in [0.15, 0.2) is 0 Å². The van der Waals surface area contributed by atoms with Gasteiger partial charge in [0, 0.05) is 0 Å². The van der Waals surface area contributed by atoms with E-state index in [9.17, 15) is 18.0 Å². The van der Waals surface area contributed by atoms with Gasteiger partial charge >= 0.3 is 18.1 Å². The zero-order valence-corrected chi connectivity index (χ0v) is 10.6. The van der Waals surface area contributed by atoms with Crippen molar-refractivity contribution in [3.63, 3.8) is 0 Å². The highest BCUT2D eigenvalue weighted by molar-refractivity contribution is 5.76. The minimum atomic E-state index is -5.08. The minimum Gasteiger partial charge on any atom is -0.475 e. The van der Waals surface area contributed by atoms with E-state index in [0.717, 1.165) is 12.8 Å². The largest absolute Gasteiger partial charge is 0.490 e. The number of hydrazine groups is 1. The van der Waals surface area contributed by atoms with Gasteiger partial charge < -0.3 is 9.84 Å². The maximum absolute atomic E-state index is 11.3. The van der Waals surface area contributed by atoms with Gasteiger partial charge in [-0.3, -0.25) is 10.2 Å². The zero-order chi connectivity index (χ0) is 15.1. The lowest BCUT2D eigenvalue weighted by Crippen LogP contribution is -2.46. The van der Waals surface area contributed by atoms with Gasteiger partial charge in [-0.15, -0.1) is 0 Å². The van der Waals surface area contributed by atoms with E-state index < -0.39 is 12.1 Å². The molecule has 1 aliphatic carbocycles. The van der Waals surface area contributed by atoms with E-state index in [1.165, 1.54) is 0 Å². The molecule has 0 radical (unpaired) electrons. The second-order valence-corrected chi connectivity index (χ2v) is 3.76. The third-order valence-corrected chi connectivity index (χ3v) is 2.18. The Bertz CT molecular complexity index is 306. The van der Waals surface area contributed by atoms with Crippen LogP contribution in [0, 0.1) is 5.92 Å². The van der Waals surface area contributed by atoms with Crippen molar-refractivity contribution >= 4 is 11.9 Å². The van der Waals surface area contributed by atoms with E-state index >= 15 is 0 Å². The highest BCUT2D eigenvalue weighted by atomic mass is 19.4. The topological polar surface area (TPSA) is 87.7 Å². The summed E-state index contributed by atoms with van der Waals surface area (Å²) in [6.45, 7) is 2.27. The summed E-state index contributed by atoms with van der Waals surface area (Å²) >= 11 is 0. The van der Waals surface area contributed by atoms with Crippen LogP contribution in [0.2, 0.25) is 0 Å². The van der Waals surface area contributed by atoms with Gasteiger partial charge in [0.1, 0.15) is 6.04 Å². The van der Waals surface area contributed by atoms with Gasteiger partial charge in [0.15, 0.2) is 0 Å². The smallest absolute Gasteiger partial charge is 0.475 e. The van der Waals surface area contributed by atoms with Crippen LogP contribution in [-0.4, -0.2) is 42.9 Å². The molecule has 1 saturated carbocycles. The number of hydrogen-bond donors (Lipinski definition) is 3. The number of aliphatic carboxylic acids is 1.